The molecular weight excluding hydrogens is 358 g/mol. The average Bonchev–Trinajstić information content (AvgIpc) is 2.98. The van der Waals surface area contributed by atoms with E-state index in [-0.39, 0.29) is 12.5 Å². The lowest BCUT2D eigenvalue weighted by atomic mass is 10.2. The number of thiophene rings is 1. The molecule has 5 nitrogen and oxygen atoms in total. The number of fused-ring (bicyclic) bond motifs is 1. The Hall–Kier alpha value is -2.70. The van der Waals surface area contributed by atoms with Crippen molar-refractivity contribution in [3.8, 4) is 0 Å². The van der Waals surface area contributed by atoms with Crippen molar-refractivity contribution in [3.05, 3.63) is 70.1 Å². The maximum atomic E-state index is 12.2. The van der Waals surface area contributed by atoms with Crippen LogP contribution < -0.4 is 10.7 Å². The van der Waals surface area contributed by atoms with E-state index in [2.05, 4.69) is 15.8 Å². The van der Waals surface area contributed by atoms with Crippen LogP contribution in [0.1, 0.15) is 15.2 Å². The molecule has 2 N–H and O–H groups in total. The molecule has 126 valence electrons. The highest BCUT2D eigenvalue weighted by Crippen LogP contribution is 2.34. The van der Waals surface area contributed by atoms with E-state index in [4.69, 9.17) is 11.6 Å². The van der Waals surface area contributed by atoms with Crippen LogP contribution >= 0.6 is 22.9 Å². The van der Waals surface area contributed by atoms with Gasteiger partial charge in [-0.1, -0.05) is 60.1 Å². The zero-order valence-electron chi connectivity index (χ0n) is 13.0. The summed E-state index contributed by atoms with van der Waals surface area (Å²) in [6.07, 6.45) is 1.53. The molecule has 1 heterocycles. The number of benzene rings is 2. The molecule has 2 aromatic carbocycles. The Labute approximate surface area is 153 Å². The molecule has 0 aliphatic heterocycles. The molecule has 0 bridgehead atoms. The number of amides is 2. The number of hydrogen-bond donors (Lipinski definition) is 2. The monoisotopic (exact) mass is 371 g/mol. The summed E-state index contributed by atoms with van der Waals surface area (Å²) in [5.74, 6) is -0.800. The van der Waals surface area contributed by atoms with Crippen LogP contribution in [0.2, 0.25) is 5.02 Å². The standard InChI is InChI=1S/C18H14ClN3O2S/c19-16-13-8-4-5-9-14(13)25-17(16)18(24)20-11-15(23)22-21-10-12-6-2-1-3-7-12/h1-10H,11H2,(H,20,24)(H,22,23)/b21-10+. The second-order valence-corrected chi connectivity index (χ2v) is 6.56. The largest absolute Gasteiger partial charge is 0.342 e. The molecule has 1 aromatic heterocycles. The fourth-order valence-electron chi connectivity index (χ4n) is 2.16. The summed E-state index contributed by atoms with van der Waals surface area (Å²) in [7, 11) is 0. The second-order valence-electron chi connectivity index (χ2n) is 5.13. The lowest BCUT2D eigenvalue weighted by Crippen LogP contribution is -2.34. The Morgan fingerprint density at radius 2 is 1.80 bits per heavy atom. The van der Waals surface area contributed by atoms with E-state index in [1.165, 1.54) is 17.6 Å². The van der Waals surface area contributed by atoms with Gasteiger partial charge in [0.2, 0.25) is 0 Å². The molecular formula is C18H14ClN3O2S. The quantitative estimate of drug-likeness (QED) is 0.532. The summed E-state index contributed by atoms with van der Waals surface area (Å²) < 4.78 is 0.926. The Morgan fingerprint density at radius 3 is 2.56 bits per heavy atom. The molecule has 2 amide bonds. The van der Waals surface area contributed by atoms with Crippen LogP contribution in [0.5, 0.6) is 0 Å². The highest BCUT2D eigenvalue weighted by atomic mass is 35.5. The van der Waals surface area contributed by atoms with Gasteiger partial charge in [0.1, 0.15) is 4.88 Å². The minimum absolute atomic E-state index is 0.185. The van der Waals surface area contributed by atoms with Gasteiger partial charge in [-0.2, -0.15) is 5.10 Å². The average molecular weight is 372 g/mol. The van der Waals surface area contributed by atoms with Crippen LogP contribution in [0.15, 0.2) is 59.7 Å². The van der Waals surface area contributed by atoms with Crippen LogP contribution in [-0.2, 0) is 4.79 Å². The number of nitrogens with zero attached hydrogens (tertiary/aromatic N) is 1. The lowest BCUT2D eigenvalue weighted by Gasteiger charge is -2.03. The van der Waals surface area contributed by atoms with Crippen LogP contribution in [0.25, 0.3) is 10.1 Å². The minimum Gasteiger partial charge on any atom is -0.342 e. The van der Waals surface area contributed by atoms with Crippen LogP contribution in [0.4, 0.5) is 0 Å². The highest BCUT2D eigenvalue weighted by molar-refractivity contribution is 7.21. The third kappa shape index (κ3) is 4.23. The number of rotatable bonds is 5. The fraction of sp³-hybridized carbons (Fsp3) is 0.0556. The summed E-state index contributed by atoms with van der Waals surface area (Å²) >= 11 is 7.54. The first kappa shape index (κ1) is 17.1. The molecule has 3 aromatic rings. The third-order valence-electron chi connectivity index (χ3n) is 3.35. The highest BCUT2D eigenvalue weighted by Gasteiger charge is 2.17. The topological polar surface area (TPSA) is 70.6 Å². The smallest absolute Gasteiger partial charge is 0.263 e. The van der Waals surface area contributed by atoms with Gasteiger partial charge in [0, 0.05) is 10.1 Å². The summed E-state index contributed by atoms with van der Waals surface area (Å²) in [5.41, 5.74) is 3.23. The third-order valence-corrected chi connectivity index (χ3v) is 5.03. The Balaban J connectivity index is 1.55. The van der Waals surface area contributed by atoms with E-state index in [0.29, 0.717) is 9.90 Å². The molecule has 7 heteroatoms. The first-order valence-corrected chi connectivity index (χ1v) is 8.67. The normalized spacial score (nSPS) is 10.9. The van der Waals surface area contributed by atoms with Crippen molar-refractivity contribution in [1.82, 2.24) is 10.7 Å². The summed E-state index contributed by atoms with van der Waals surface area (Å²) in [4.78, 5) is 24.4. The van der Waals surface area contributed by atoms with Crippen LogP contribution in [0, 0.1) is 0 Å². The van der Waals surface area contributed by atoms with Gasteiger partial charge in [-0.3, -0.25) is 9.59 Å². The molecule has 0 aliphatic rings. The summed E-state index contributed by atoms with van der Waals surface area (Å²) in [5, 5.41) is 7.63. The number of hydrazone groups is 1. The molecule has 0 radical (unpaired) electrons. The zero-order chi connectivity index (χ0) is 17.6. The first-order chi connectivity index (χ1) is 12.1. The molecule has 0 unspecified atom stereocenters. The van der Waals surface area contributed by atoms with E-state index < -0.39 is 5.91 Å². The number of halogens is 1. The molecule has 0 saturated carbocycles. The van der Waals surface area contributed by atoms with Crippen LogP contribution in [0.3, 0.4) is 0 Å². The Kier molecular flexibility index (Phi) is 5.42. The number of carbonyl (C=O) groups is 2. The van der Waals surface area contributed by atoms with Gasteiger partial charge < -0.3 is 5.32 Å². The van der Waals surface area contributed by atoms with Gasteiger partial charge in [0.25, 0.3) is 11.8 Å². The predicted octanol–water partition coefficient (Wildman–Crippen LogP) is 3.43. The molecule has 0 fully saturated rings. The Morgan fingerprint density at radius 1 is 1.08 bits per heavy atom. The van der Waals surface area contributed by atoms with E-state index in [9.17, 15) is 9.59 Å². The predicted molar refractivity (Wildman–Crippen MR) is 101 cm³/mol. The fourth-order valence-corrected chi connectivity index (χ4v) is 3.59. The lowest BCUT2D eigenvalue weighted by molar-refractivity contribution is -0.120. The SMILES string of the molecule is O=C(CNC(=O)c1sc2ccccc2c1Cl)N/N=C/c1ccccc1. The van der Waals surface area contributed by atoms with Crippen molar-refractivity contribution in [2.45, 2.75) is 0 Å². The second kappa shape index (κ2) is 7.92. The van der Waals surface area contributed by atoms with Crippen molar-refractivity contribution in [1.29, 1.82) is 0 Å². The number of hydrogen-bond acceptors (Lipinski definition) is 4. The van der Waals surface area contributed by atoms with E-state index >= 15 is 0 Å². The summed E-state index contributed by atoms with van der Waals surface area (Å²) in [6.45, 7) is -0.185. The van der Waals surface area contributed by atoms with Crippen molar-refractivity contribution in [2.24, 2.45) is 5.10 Å². The number of carbonyl (C=O) groups excluding carboxylic acids is 2. The van der Waals surface area contributed by atoms with Crippen molar-refractivity contribution >= 4 is 51.1 Å². The molecule has 0 spiro atoms. The molecule has 0 saturated heterocycles. The van der Waals surface area contributed by atoms with Gasteiger partial charge in [0.15, 0.2) is 0 Å². The molecule has 3 rings (SSSR count). The summed E-state index contributed by atoms with van der Waals surface area (Å²) in [6, 6.07) is 16.9. The van der Waals surface area contributed by atoms with Gasteiger partial charge in [-0.05, 0) is 11.6 Å². The first-order valence-electron chi connectivity index (χ1n) is 7.47. The van der Waals surface area contributed by atoms with E-state index in [1.807, 2.05) is 54.6 Å². The maximum absolute atomic E-state index is 12.2. The van der Waals surface area contributed by atoms with E-state index in [0.717, 1.165) is 15.6 Å². The van der Waals surface area contributed by atoms with Gasteiger partial charge in [0.05, 0.1) is 17.8 Å². The molecule has 0 aliphatic carbocycles. The number of nitrogens with one attached hydrogen (secondary N) is 2. The van der Waals surface area contributed by atoms with Gasteiger partial charge in [-0.25, -0.2) is 5.43 Å². The van der Waals surface area contributed by atoms with E-state index in [1.54, 1.807) is 0 Å². The molecule has 25 heavy (non-hydrogen) atoms. The minimum atomic E-state index is -0.419. The van der Waals surface area contributed by atoms with Gasteiger partial charge >= 0.3 is 0 Å². The van der Waals surface area contributed by atoms with Crippen LogP contribution in [-0.4, -0.2) is 24.6 Å². The van der Waals surface area contributed by atoms with Gasteiger partial charge in [-0.15, -0.1) is 11.3 Å². The molecule has 0 atom stereocenters. The zero-order valence-corrected chi connectivity index (χ0v) is 14.6. The van der Waals surface area contributed by atoms with Crippen molar-refractivity contribution < 1.29 is 9.59 Å². The maximum Gasteiger partial charge on any atom is 0.263 e. The van der Waals surface area contributed by atoms with Crippen molar-refractivity contribution in [3.63, 3.8) is 0 Å². The van der Waals surface area contributed by atoms with Crippen molar-refractivity contribution in [2.75, 3.05) is 6.54 Å². The Bertz CT molecular complexity index is 938.